The van der Waals surface area contributed by atoms with Gasteiger partial charge in [-0.15, -0.1) is 0 Å². The summed E-state index contributed by atoms with van der Waals surface area (Å²) in [6.07, 6.45) is -1.74. The van der Waals surface area contributed by atoms with Gasteiger partial charge in [-0.1, -0.05) is 13.8 Å². The van der Waals surface area contributed by atoms with Crippen molar-refractivity contribution in [2.24, 2.45) is 0 Å². The van der Waals surface area contributed by atoms with Gasteiger partial charge in [0.1, 0.15) is 4.90 Å². The van der Waals surface area contributed by atoms with Gasteiger partial charge in [0.05, 0.1) is 5.56 Å². The van der Waals surface area contributed by atoms with Gasteiger partial charge in [-0.3, -0.25) is 4.98 Å². The van der Waals surface area contributed by atoms with E-state index < -0.39 is 52.3 Å². The fourth-order valence-electron chi connectivity index (χ4n) is 2.38. The molecular formula is C18H16F8N2S. The van der Waals surface area contributed by atoms with E-state index in [2.05, 4.69) is 4.98 Å². The predicted octanol–water partition coefficient (Wildman–Crippen LogP) is 6.49. The SMILES string of the molecule is CC.Fc1c(F)c(F)c(SN(Cc2cnccc2C(F)(F)F)C2CC2)c(F)c1F. The van der Waals surface area contributed by atoms with Crippen molar-refractivity contribution in [3.63, 3.8) is 0 Å². The largest absolute Gasteiger partial charge is 0.416 e. The third kappa shape index (κ3) is 5.19. The molecule has 2 nitrogen and oxygen atoms in total. The first-order valence-corrected chi connectivity index (χ1v) is 9.34. The minimum absolute atomic E-state index is 0.205. The van der Waals surface area contributed by atoms with E-state index in [1.807, 2.05) is 13.8 Å². The van der Waals surface area contributed by atoms with E-state index in [0.717, 1.165) is 18.5 Å². The number of pyridine rings is 1. The number of aromatic nitrogens is 1. The number of alkyl halides is 3. The molecule has 1 aromatic carbocycles. The molecule has 0 bridgehead atoms. The Labute approximate surface area is 166 Å². The van der Waals surface area contributed by atoms with Gasteiger partial charge >= 0.3 is 6.18 Å². The lowest BCUT2D eigenvalue weighted by Gasteiger charge is -2.23. The van der Waals surface area contributed by atoms with Gasteiger partial charge in [-0.05, 0) is 36.4 Å². The zero-order chi connectivity index (χ0) is 21.9. The molecular weight excluding hydrogens is 428 g/mol. The monoisotopic (exact) mass is 444 g/mol. The van der Waals surface area contributed by atoms with Crippen molar-refractivity contribution < 1.29 is 35.1 Å². The lowest BCUT2D eigenvalue weighted by molar-refractivity contribution is -0.138. The molecule has 0 radical (unpaired) electrons. The van der Waals surface area contributed by atoms with E-state index in [9.17, 15) is 35.1 Å². The molecule has 1 aromatic heterocycles. The van der Waals surface area contributed by atoms with Crippen LogP contribution >= 0.6 is 11.9 Å². The molecule has 0 unspecified atom stereocenters. The predicted molar refractivity (Wildman–Crippen MR) is 91.2 cm³/mol. The summed E-state index contributed by atoms with van der Waals surface area (Å²) in [5.41, 5.74) is -1.26. The number of halogens is 8. The molecule has 11 heteroatoms. The van der Waals surface area contributed by atoms with Crippen LogP contribution in [0.3, 0.4) is 0 Å². The van der Waals surface area contributed by atoms with Crippen molar-refractivity contribution >= 4 is 11.9 Å². The van der Waals surface area contributed by atoms with Crippen molar-refractivity contribution in [2.45, 2.75) is 50.3 Å². The summed E-state index contributed by atoms with van der Waals surface area (Å²) < 4.78 is 108. The molecule has 0 saturated heterocycles. The highest BCUT2D eigenvalue weighted by Crippen LogP contribution is 2.41. The molecule has 0 spiro atoms. The Morgan fingerprint density at radius 1 is 0.966 bits per heavy atom. The molecule has 1 aliphatic carbocycles. The Morgan fingerprint density at radius 3 is 1.97 bits per heavy atom. The number of hydrogen-bond acceptors (Lipinski definition) is 3. The van der Waals surface area contributed by atoms with E-state index in [4.69, 9.17) is 0 Å². The second-order valence-electron chi connectivity index (χ2n) is 5.83. The fraction of sp³-hybridized carbons (Fsp3) is 0.389. The van der Waals surface area contributed by atoms with Gasteiger partial charge in [0.15, 0.2) is 23.3 Å². The van der Waals surface area contributed by atoms with Gasteiger partial charge in [-0.25, -0.2) is 26.3 Å². The third-order valence-electron chi connectivity index (χ3n) is 3.87. The lowest BCUT2D eigenvalue weighted by atomic mass is 10.1. The molecule has 1 heterocycles. The topological polar surface area (TPSA) is 16.1 Å². The summed E-state index contributed by atoms with van der Waals surface area (Å²) >= 11 is 0.205. The zero-order valence-corrected chi connectivity index (χ0v) is 16.1. The molecule has 1 fully saturated rings. The quantitative estimate of drug-likeness (QED) is 0.227. The molecule has 1 saturated carbocycles. The Hall–Kier alpha value is -1.88. The van der Waals surface area contributed by atoms with Crippen LogP contribution in [0.15, 0.2) is 23.4 Å². The first-order chi connectivity index (χ1) is 13.6. The molecule has 0 N–H and O–H groups in total. The van der Waals surface area contributed by atoms with Gasteiger partial charge in [0.2, 0.25) is 5.82 Å². The van der Waals surface area contributed by atoms with Crippen LogP contribution in [0.25, 0.3) is 0 Å². The standard InChI is InChI=1S/C16H10F8N2S.C2H6/c17-10-11(18)13(20)15(14(21)12(10)19)27-26(8-1-2-8)6-7-5-25-4-3-9(7)16(22,23)24;1-2/h3-5,8H,1-2,6H2;1-2H3. The molecule has 0 aliphatic heterocycles. The average molecular weight is 444 g/mol. The van der Waals surface area contributed by atoms with Crippen molar-refractivity contribution in [1.82, 2.24) is 9.29 Å². The number of benzene rings is 1. The minimum Gasteiger partial charge on any atom is -0.264 e. The molecule has 29 heavy (non-hydrogen) atoms. The maximum absolute atomic E-state index is 13.9. The second kappa shape index (κ2) is 9.29. The van der Waals surface area contributed by atoms with Gasteiger partial charge in [-0.2, -0.15) is 13.2 Å². The first-order valence-electron chi connectivity index (χ1n) is 8.57. The maximum Gasteiger partial charge on any atom is 0.416 e. The summed E-state index contributed by atoms with van der Waals surface area (Å²) in [6, 6.07) is 0.398. The Bertz CT molecular complexity index is 839. The van der Waals surface area contributed by atoms with Gasteiger partial charge in [0.25, 0.3) is 0 Å². The highest BCUT2D eigenvalue weighted by atomic mass is 32.2. The first kappa shape index (κ1) is 23.4. The summed E-state index contributed by atoms with van der Waals surface area (Å²) in [7, 11) is 0. The van der Waals surface area contributed by atoms with Crippen LogP contribution in [-0.2, 0) is 12.7 Å². The Kier molecular flexibility index (Phi) is 7.50. The molecule has 3 rings (SSSR count). The Balaban J connectivity index is 0.00000145. The van der Waals surface area contributed by atoms with E-state index in [0.29, 0.717) is 12.8 Å². The number of nitrogens with zero attached hydrogens (tertiary/aromatic N) is 2. The summed E-state index contributed by atoms with van der Waals surface area (Å²) in [4.78, 5) is 2.46. The van der Waals surface area contributed by atoms with Crippen LogP contribution < -0.4 is 0 Å². The highest BCUT2D eigenvalue weighted by molar-refractivity contribution is 7.97. The van der Waals surface area contributed by atoms with Crippen LogP contribution in [0.5, 0.6) is 0 Å². The van der Waals surface area contributed by atoms with E-state index in [-0.39, 0.29) is 23.6 Å². The van der Waals surface area contributed by atoms with Crippen molar-refractivity contribution in [1.29, 1.82) is 0 Å². The van der Waals surface area contributed by atoms with Gasteiger partial charge < -0.3 is 0 Å². The molecule has 2 aromatic rings. The summed E-state index contributed by atoms with van der Waals surface area (Å²) in [6.45, 7) is 3.57. The Morgan fingerprint density at radius 2 is 1.48 bits per heavy atom. The zero-order valence-electron chi connectivity index (χ0n) is 15.3. The molecule has 1 aliphatic rings. The van der Waals surface area contributed by atoms with E-state index in [1.54, 1.807) is 0 Å². The molecule has 160 valence electrons. The number of rotatable bonds is 5. The van der Waals surface area contributed by atoms with Gasteiger partial charge in [0, 0.05) is 25.0 Å². The van der Waals surface area contributed by atoms with Crippen LogP contribution in [-0.4, -0.2) is 15.3 Å². The van der Waals surface area contributed by atoms with Crippen molar-refractivity contribution in [3.05, 3.63) is 58.7 Å². The smallest absolute Gasteiger partial charge is 0.264 e. The van der Waals surface area contributed by atoms with E-state index >= 15 is 0 Å². The van der Waals surface area contributed by atoms with Crippen LogP contribution in [0.1, 0.15) is 37.8 Å². The highest BCUT2D eigenvalue weighted by Gasteiger charge is 2.37. The fourth-order valence-corrected chi connectivity index (χ4v) is 3.52. The summed E-state index contributed by atoms with van der Waals surface area (Å²) in [5, 5.41) is 0. The van der Waals surface area contributed by atoms with Crippen LogP contribution in [0.4, 0.5) is 35.1 Å². The third-order valence-corrected chi connectivity index (χ3v) is 5.07. The van der Waals surface area contributed by atoms with Crippen LogP contribution in [0.2, 0.25) is 0 Å². The maximum atomic E-state index is 13.9. The normalized spacial score (nSPS) is 14.0. The molecule has 0 amide bonds. The van der Waals surface area contributed by atoms with Crippen molar-refractivity contribution in [3.8, 4) is 0 Å². The van der Waals surface area contributed by atoms with Crippen LogP contribution in [0, 0.1) is 29.1 Å². The number of hydrogen-bond donors (Lipinski definition) is 0. The average Bonchev–Trinajstić information content (AvgIpc) is 3.53. The lowest BCUT2D eigenvalue weighted by Crippen LogP contribution is -2.21. The molecule has 0 atom stereocenters. The van der Waals surface area contributed by atoms with E-state index in [1.165, 1.54) is 4.31 Å². The minimum atomic E-state index is -4.68. The second-order valence-corrected chi connectivity index (χ2v) is 6.89. The summed E-state index contributed by atoms with van der Waals surface area (Å²) in [5.74, 6) is -10.6. The van der Waals surface area contributed by atoms with Crippen molar-refractivity contribution in [2.75, 3.05) is 0 Å².